The third kappa shape index (κ3) is 2.55. The van der Waals surface area contributed by atoms with Crippen LogP contribution in [-0.4, -0.2) is 27.9 Å². The number of carbonyl (C=O) groups excluding carboxylic acids is 1. The number of aromatic nitrogens is 1. The fourth-order valence-corrected chi connectivity index (χ4v) is 2.18. The number of para-hydroxylation sites is 1. The number of hydrogen-bond donors (Lipinski definition) is 1. The van der Waals surface area contributed by atoms with Crippen molar-refractivity contribution in [3.05, 3.63) is 48.7 Å². The lowest BCUT2D eigenvalue weighted by Gasteiger charge is -2.34. The van der Waals surface area contributed by atoms with Crippen LogP contribution in [0, 0.1) is 0 Å². The molecule has 0 unspecified atom stereocenters. The van der Waals surface area contributed by atoms with E-state index in [2.05, 4.69) is 11.6 Å². The molecule has 19 heavy (non-hydrogen) atoms. The van der Waals surface area contributed by atoms with Gasteiger partial charge in [-0.15, -0.1) is 6.58 Å². The van der Waals surface area contributed by atoms with Crippen LogP contribution in [0.2, 0.25) is 0 Å². The van der Waals surface area contributed by atoms with E-state index >= 15 is 0 Å². The van der Waals surface area contributed by atoms with Crippen molar-refractivity contribution in [2.45, 2.75) is 26.3 Å². The Bertz CT molecular complexity index is 604. The summed E-state index contributed by atoms with van der Waals surface area (Å²) in [5.41, 5.74) is 1.47. The molecule has 1 N–H and O–H groups in total. The van der Waals surface area contributed by atoms with E-state index in [1.54, 1.807) is 12.3 Å². The first-order valence-corrected chi connectivity index (χ1v) is 6.44. The zero-order valence-electron chi connectivity index (χ0n) is 11.7. The summed E-state index contributed by atoms with van der Waals surface area (Å²) in [7, 11) is 0. The van der Waals surface area contributed by atoms with Crippen molar-refractivity contribution in [2.24, 2.45) is 0 Å². The van der Waals surface area contributed by atoms with Crippen molar-refractivity contribution < 1.29 is 4.79 Å². The van der Waals surface area contributed by atoms with E-state index in [1.807, 2.05) is 49.9 Å². The van der Waals surface area contributed by atoms with E-state index in [0.29, 0.717) is 12.1 Å². The van der Waals surface area contributed by atoms with Crippen molar-refractivity contribution in [2.75, 3.05) is 6.54 Å². The number of benzene rings is 1. The first kappa shape index (κ1) is 13.4. The van der Waals surface area contributed by atoms with E-state index in [1.165, 1.54) is 0 Å². The van der Waals surface area contributed by atoms with Crippen LogP contribution in [0.25, 0.3) is 10.9 Å². The number of fused-ring (bicyclic) bond motifs is 1. The molecule has 0 saturated heterocycles. The lowest BCUT2D eigenvalue weighted by atomic mass is 10.0. The SMILES string of the molecule is C=CCN(C(=O)c1c[nH]c2ccccc12)C(C)(C)C. The fraction of sp³-hybridized carbons (Fsp3) is 0.312. The Morgan fingerprint density at radius 1 is 1.37 bits per heavy atom. The Balaban J connectivity index is 2.44. The zero-order chi connectivity index (χ0) is 14.0. The molecule has 0 atom stereocenters. The molecule has 100 valence electrons. The summed E-state index contributed by atoms with van der Waals surface area (Å²) >= 11 is 0. The van der Waals surface area contributed by atoms with Gasteiger partial charge in [-0.2, -0.15) is 0 Å². The maximum absolute atomic E-state index is 12.7. The van der Waals surface area contributed by atoms with E-state index in [4.69, 9.17) is 0 Å². The van der Waals surface area contributed by atoms with Gasteiger partial charge >= 0.3 is 0 Å². The van der Waals surface area contributed by atoms with E-state index in [9.17, 15) is 4.79 Å². The van der Waals surface area contributed by atoms with Gasteiger partial charge in [0.1, 0.15) is 0 Å². The van der Waals surface area contributed by atoms with Gasteiger partial charge in [-0.3, -0.25) is 4.79 Å². The summed E-state index contributed by atoms with van der Waals surface area (Å²) in [5.74, 6) is 0.0323. The summed E-state index contributed by atoms with van der Waals surface area (Å²) in [6.07, 6.45) is 3.55. The number of nitrogens with zero attached hydrogens (tertiary/aromatic N) is 1. The van der Waals surface area contributed by atoms with Crippen molar-refractivity contribution in [1.82, 2.24) is 9.88 Å². The average Bonchev–Trinajstić information content (AvgIpc) is 2.77. The molecular formula is C16H20N2O. The number of nitrogens with one attached hydrogen (secondary N) is 1. The minimum Gasteiger partial charge on any atom is -0.360 e. The molecule has 0 radical (unpaired) electrons. The lowest BCUT2D eigenvalue weighted by molar-refractivity contribution is 0.0619. The number of rotatable bonds is 3. The highest BCUT2D eigenvalue weighted by atomic mass is 16.2. The standard InChI is InChI=1S/C16H20N2O/c1-5-10-18(16(2,3)4)15(19)13-11-17-14-9-7-6-8-12(13)14/h5-9,11,17H,1,10H2,2-4H3. The number of amides is 1. The summed E-state index contributed by atoms with van der Waals surface area (Å²) in [4.78, 5) is 17.7. The average molecular weight is 256 g/mol. The first-order valence-electron chi connectivity index (χ1n) is 6.44. The van der Waals surface area contributed by atoms with Gasteiger partial charge in [0.25, 0.3) is 5.91 Å². The third-order valence-electron chi connectivity index (χ3n) is 3.19. The molecule has 1 aromatic heterocycles. The highest BCUT2D eigenvalue weighted by Crippen LogP contribution is 2.23. The quantitative estimate of drug-likeness (QED) is 0.837. The molecule has 2 rings (SSSR count). The number of aromatic amines is 1. The molecule has 3 nitrogen and oxygen atoms in total. The third-order valence-corrected chi connectivity index (χ3v) is 3.19. The van der Waals surface area contributed by atoms with Crippen LogP contribution in [0.5, 0.6) is 0 Å². The van der Waals surface area contributed by atoms with Crippen molar-refractivity contribution in [3.63, 3.8) is 0 Å². The highest BCUT2D eigenvalue weighted by Gasteiger charge is 2.27. The molecule has 0 bridgehead atoms. The summed E-state index contributed by atoms with van der Waals surface area (Å²) < 4.78 is 0. The molecule has 0 spiro atoms. The van der Waals surface area contributed by atoms with Crippen LogP contribution in [0.4, 0.5) is 0 Å². The Kier molecular flexibility index (Phi) is 3.47. The van der Waals surface area contributed by atoms with Crippen LogP contribution in [-0.2, 0) is 0 Å². The molecule has 0 aliphatic carbocycles. The first-order chi connectivity index (χ1) is 8.95. The predicted molar refractivity (Wildman–Crippen MR) is 79.3 cm³/mol. The Labute approximate surface area is 113 Å². The lowest BCUT2D eigenvalue weighted by Crippen LogP contribution is -2.45. The predicted octanol–water partition coefficient (Wildman–Crippen LogP) is 3.59. The zero-order valence-corrected chi connectivity index (χ0v) is 11.7. The van der Waals surface area contributed by atoms with Gasteiger partial charge in [0, 0.05) is 29.2 Å². The molecule has 1 aromatic carbocycles. The molecule has 0 fully saturated rings. The number of hydrogen-bond acceptors (Lipinski definition) is 1. The summed E-state index contributed by atoms with van der Waals surface area (Å²) in [6, 6.07) is 7.84. The van der Waals surface area contributed by atoms with Crippen molar-refractivity contribution in [1.29, 1.82) is 0 Å². The van der Waals surface area contributed by atoms with Gasteiger partial charge in [-0.1, -0.05) is 24.3 Å². The van der Waals surface area contributed by atoms with Crippen LogP contribution in [0.15, 0.2) is 43.1 Å². The maximum Gasteiger partial charge on any atom is 0.256 e. The minimum absolute atomic E-state index is 0.0323. The molecule has 1 heterocycles. The molecule has 3 heteroatoms. The Morgan fingerprint density at radius 3 is 2.68 bits per heavy atom. The second kappa shape index (κ2) is 4.92. The van der Waals surface area contributed by atoms with Gasteiger partial charge in [0.15, 0.2) is 0 Å². The monoisotopic (exact) mass is 256 g/mol. The van der Waals surface area contributed by atoms with E-state index < -0.39 is 0 Å². The molecule has 1 amide bonds. The van der Waals surface area contributed by atoms with Gasteiger partial charge in [-0.25, -0.2) is 0 Å². The molecule has 0 saturated carbocycles. The maximum atomic E-state index is 12.7. The largest absolute Gasteiger partial charge is 0.360 e. The fourth-order valence-electron chi connectivity index (χ4n) is 2.18. The summed E-state index contributed by atoms with van der Waals surface area (Å²) in [5, 5.41) is 0.964. The summed E-state index contributed by atoms with van der Waals surface area (Å²) in [6.45, 7) is 10.4. The molecular weight excluding hydrogens is 236 g/mol. The molecule has 2 aromatic rings. The van der Waals surface area contributed by atoms with Gasteiger partial charge in [0.2, 0.25) is 0 Å². The van der Waals surface area contributed by atoms with Crippen LogP contribution in [0.1, 0.15) is 31.1 Å². The Hall–Kier alpha value is -2.03. The minimum atomic E-state index is -0.232. The van der Waals surface area contributed by atoms with Gasteiger partial charge in [-0.05, 0) is 26.8 Å². The topological polar surface area (TPSA) is 36.1 Å². The van der Waals surface area contributed by atoms with Gasteiger partial charge < -0.3 is 9.88 Å². The number of carbonyl (C=O) groups is 1. The van der Waals surface area contributed by atoms with Gasteiger partial charge in [0.05, 0.1) is 5.56 Å². The molecule has 0 aliphatic heterocycles. The second-order valence-corrected chi connectivity index (χ2v) is 5.62. The second-order valence-electron chi connectivity index (χ2n) is 5.62. The number of H-pyrrole nitrogens is 1. The van der Waals surface area contributed by atoms with Crippen LogP contribution >= 0.6 is 0 Å². The van der Waals surface area contributed by atoms with Crippen LogP contribution < -0.4 is 0 Å². The Morgan fingerprint density at radius 2 is 2.05 bits per heavy atom. The smallest absolute Gasteiger partial charge is 0.256 e. The van der Waals surface area contributed by atoms with Crippen molar-refractivity contribution in [3.8, 4) is 0 Å². The molecule has 0 aliphatic rings. The van der Waals surface area contributed by atoms with E-state index in [-0.39, 0.29) is 11.4 Å². The van der Waals surface area contributed by atoms with Crippen molar-refractivity contribution >= 4 is 16.8 Å². The van der Waals surface area contributed by atoms with E-state index in [0.717, 1.165) is 10.9 Å². The normalized spacial score (nSPS) is 11.5. The highest BCUT2D eigenvalue weighted by molar-refractivity contribution is 6.06. The van der Waals surface area contributed by atoms with Crippen LogP contribution in [0.3, 0.4) is 0 Å².